The molecule has 1 aliphatic heterocycles. The number of nitrogens with zero attached hydrogens (tertiary/aromatic N) is 1. The second-order valence-corrected chi connectivity index (χ2v) is 1.79. The number of rotatable bonds is 0. The van der Waals surface area contributed by atoms with Gasteiger partial charge in [-0.3, -0.25) is 5.21 Å². The molecule has 44 valence electrons. The maximum Gasteiger partial charge on any atom is 0.115 e. The van der Waals surface area contributed by atoms with E-state index in [2.05, 4.69) is 17.9 Å². The van der Waals surface area contributed by atoms with Crippen LogP contribution in [0.15, 0.2) is 23.6 Å². The average molecular weight is 130 g/mol. The number of nitrogens with one attached hydrogen (secondary N) is 1. The fourth-order valence-electron chi connectivity index (χ4n) is 0.379. The van der Waals surface area contributed by atoms with Gasteiger partial charge in [0.15, 0.2) is 0 Å². The van der Waals surface area contributed by atoms with Gasteiger partial charge in [-0.25, -0.2) is 5.06 Å². The summed E-state index contributed by atoms with van der Waals surface area (Å²) in [5, 5.41) is 12.9. The fourth-order valence-corrected chi connectivity index (χ4v) is 0.520. The third-order valence-corrected chi connectivity index (χ3v) is 1.09. The minimum Gasteiger partial charge on any atom is -0.364 e. The predicted octanol–water partition coefficient (Wildman–Crippen LogP) is 0.481. The van der Waals surface area contributed by atoms with Crippen molar-refractivity contribution in [3.63, 3.8) is 0 Å². The van der Waals surface area contributed by atoms with Crippen LogP contribution in [0.25, 0.3) is 0 Å². The van der Waals surface area contributed by atoms with E-state index in [1.165, 1.54) is 6.20 Å². The fraction of sp³-hybridized carbons (Fsp3) is 0. The van der Waals surface area contributed by atoms with Crippen LogP contribution in [0.3, 0.4) is 0 Å². The lowest BCUT2D eigenvalue weighted by atomic mass is 10.7. The summed E-state index contributed by atoms with van der Waals surface area (Å²) >= 11 is 3.88. The molecule has 0 amide bonds. The summed E-state index contributed by atoms with van der Waals surface area (Å²) in [4.78, 5) is 0. The Hall–Kier alpha value is -0.610. The molecule has 0 saturated heterocycles. The zero-order chi connectivity index (χ0) is 5.98. The summed E-state index contributed by atoms with van der Waals surface area (Å²) in [6.45, 7) is 0. The van der Waals surface area contributed by atoms with Crippen LogP contribution in [-0.2, 0) is 0 Å². The van der Waals surface area contributed by atoms with Gasteiger partial charge in [-0.05, 0) is 0 Å². The highest BCUT2D eigenvalue weighted by Gasteiger charge is 1.98. The topological polar surface area (TPSA) is 35.5 Å². The third-order valence-electron chi connectivity index (χ3n) is 0.759. The van der Waals surface area contributed by atoms with Crippen molar-refractivity contribution in [3.8, 4) is 0 Å². The molecule has 0 fully saturated rings. The van der Waals surface area contributed by atoms with Gasteiger partial charge < -0.3 is 5.32 Å². The van der Waals surface area contributed by atoms with Gasteiger partial charge in [-0.2, -0.15) is 0 Å². The molecule has 0 aromatic carbocycles. The van der Waals surface area contributed by atoms with E-state index in [0.29, 0.717) is 5.03 Å². The largest absolute Gasteiger partial charge is 0.364 e. The van der Waals surface area contributed by atoms with Crippen LogP contribution in [0.2, 0.25) is 0 Å². The number of hydrogen-bond acceptors (Lipinski definition) is 4. The minimum atomic E-state index is 0.479. The highest BCUT2D eigenvalue weighted by Crippen LogP contribution is 2.06. The maximum absolute atomic E-state index is 8.74. The Labute approximate surface area is 52.7 Å². The van der Waals surface area contributed by atoms with E-state index in [4.69, 9.17) is 5.21 Å². The van der Waals surface area contributed by atoms with Gasteiger partial charge in [0.25, 0.3) is 0 Å². The lowest BCUT2D eigenvalue weighted by Gasteiger charge is -2.13. The molecular formula is C4H6N2OS. The average Bonchev–Trinajstić information content (AvgIpc) is 1.77. The molecule has 0 bridgehead atoms. The summed E-state index contributed by atoms with van der Waals surface area (Å²) in [6, 6.07) is 0. The maximum atomic E-state index is 8.74. The molecule has 1 aliphatic rings. The minimum absolute atomic E-state index is 0.479. The smallest absolute Gasteiger partial charge is 0.115 e. The summed E-state index contributed by atoms with van der Waals surface area (Å²) in [5.74, 6) is 0. The number of hydroxylamine groups is 2. The molecule has 0 atom stereocenters. The highest BCUT2D eigenvalue weighted by atomic mass is 32.1. The van der Waals surface area contributed by atoms with Crippen LogP contribution >= 0.6 is 12.6 Å². The molecule has 0 aliphatic carbocycles. The highest BCUT2D eigenvalue weighted by molar-refractivity contribution is 7.84. The van der Waals surface area contributed by atoms with Crippen LogP contribution in [-0.4, -0.2) is 10.3 Å². The number of thiol groups is 1. The molecule has 0 aromatic heterocycles. The first-order valence-electron chi connectivity index (χ1n) is 2.10. The second kappa shape index (κ2) is 2.11. The monoisotopic (exact) mass is 130 g/mol. The molecule has 8 heavy (non-hydrogen) atoms. The zero-order valence-electron chi connectivity index (χ0n) is 4.07. The molecule has 0 spiro atoms. The molecule has 3 nitrogen and oxygen atoms in total. The van der Waals surface area contributed by atoms with Crippen molar-refractivity contribution >= 4 is 12.6 Å². The molecule has 0 saturated carbocycles. The van der Waals surface area contributed by atoms with E-state index >= 15 is 0 Å². The zero-order valence-corrected chi connectivity index (χ0v) is 4.97. The quantitative estimate of drug-likeness (QED) is 0.417. The van der Waals surface area contributed by atoms with Crippen LogP contribution < -0.4 is 5.32 Å². The Morgan fingerprint density at radius 3 is 2.88 bits per heavy atom. The third kappa shape index (κ3) is 0.962. The lowest BCUT2D eigenvalue weighted by molar-refractivity contribution is 0.00442. The molecule has 0 radical (unpaired) electrons. The Kier molecular flexibility index (Phi) is 1.45. The van der Waals surface area contributed by atoms with Gasteiger partial charge in [0, 0.05) is 18.6 Å². The molecule has 0 unspecified atom stereocenters. The first-order valence-corrected chi connectivity index (χ1v) is 2.55. The van der Waals surface area contributed by atoms with Gasteiger partial charge in [-0.15, -0.1) is 12.6 Å². The van der Waals surface area contributed by atoms with Crippen molar-refractivity contribution in [2.75, 3.05) is 0 Å². The van der Waals surface area contributed by atoms with Gasteiger partial charge in [-0.1, -0.05) is 0 Å². The van der Waals surface area contributed by atoms with Crippen molar-refractivity contribution in [1.29, 1.82) is 0 Å². The van der Waals surface area contributed by atoms with Crippen LogP contribution in [0, 0.1) is 0 Å². The molecular weight excluding hydrogens is 124 g/mol. The molecule has 0 aromatic rings. The Bertz CT molecular complexity index is 143. The molecule has 2 N–H and O–H groups in total. The van der Waals surface area contributed by atoms with Crippen molar-refractivity contribution in [3.05, 3.63) is 23.6 Å². The Balaban J connectivity index is 2.63. The standard InChI is InChI=1S/C4H6N2OS/c7-6-2-1-5-3-4(6)8/h1-3,5,7-8H. The van der Waals surface area contributed by atoms with E-state index in [9.17, 15) is 0 Å². The Morgan fingerprint density at radius 1 is 1.75 bits per heavy atom. The SMILES string of the molecule is ON1C=CNC=C1S. The van der Waals surface area contributed by atoms with Gasteiger partial charge in [0.2, 0.25) is 0 Å². The van der Waals surface area contributed by atoms with E-state index in [1.807, 2.05) is 0 Å². The van der Waals surface area contributed by atoms with Gasteiger partial charge >= 0.3 is 0 Å². The van der Waals surface area contributed by atoms with Crippen LogP contribution in [0.4, 0.5) is 0 Å². The van der Waals surface area contributed by atoms with E-state index in [-0.39, 0.29) is 0 Å². The van der Waals surface area contributed by atoms with Crippen molar-refractivity contribution in [2.45, 2.75) is 0 Å². The van der Waals surface area contributed by atoms with Crippen LogP contribution in [0.1, 0.15) is 0 Å². The Morgan fingerprint density at radius 2 is 2.50 bits per heavy atom. The molecule has 4 heteroatoms. The van der Waals surface area contributed by atoms with Crippen LogP contribution in [0.5, 0.6) is 0 Å². The number of hydrogen-bond donors (Lipinski definition) is 3. The van der Waals surface area contributed by atoms with E-state index < -0.39 is 0 Å². The second-order valence-electron chi connectivity index (χ2n) is 1.33. The summed E-state index contributed by atoms with van der Waals surface area (Å²) in [6.07, 6.45) is 4.63. The summed E-state index contributed by atoms with van der Waals surface area (Å²) in [5.41, 5.74) is 0. The summed E-state index contributed by atoms with van der Waals surface area (Å²) in [7, 11) is 0. The van der Waals surface area contributed by atoms with E-state index in [0.717, 1.165) is 5.06 Å². The van der Waals surface area contributed by atoms with Gasteiger partial charge in [0.05, 0.1) is 0 Å². The molecule has 1 heterocycles. The molecule has 1 rings (SSSR count). The normalized spacial score (nSPS) is 17.8. The first kappa shape index (κ1) is 5.53. The van der Waals surface area contributed by atoms with Crippen molar-refractivity contribution in [1.82, 2.24) is 10.4 Å². The predicted molar refractivity (Wildman–Crippen MR) is 33.0 cm³/mol. The van der Waals surface area contributed by atoms with Crippen molar-refractivity contribution in [2.24, 2.45) is 0 Å². The van der Waals surface area contributed by atoms with E-state index in [1.54, 1.807) is 12.4 Å². The lowest BCUT2D eigenvalue weighted by Crippen LogP contribution is -2.14. The van der Waals surface area contributed by atoms with Crippen molar-refractivity contribution < 1.29 is 5.21 Å². The van der Waals surface area contributed by atoms with Gasteiger partial charge in [0.1, 0.15) is 5.03 Å². The first-order chi connectivity index (χ1) is 3.80. The summed E-state index contributed by atoms with van der Waals surface area (Å²) < 4.78 is 0.